The molecular formula is C12H24N2O. The zero-order valence-corrected chi connectivity index (χ0v) is 9.93. The van der Waals surface area contributed by atoms with Crippen LogP contribution in [0.4, 0.5) is 0 Å². The summed E-state index contributed by atoms with van der Waals surface area (Å²) in [5, 5.41) is 3.55. The van der Waals surface area contributed by atoms with Crippen LogP contribution >= 0.6 is 0 Å². The number of likely N-dealkylation sites (tertiary alicyclic amines) is 1. The van der Waals surface area contributed by atoms with Crippen molar-refractivity contribution in [2.45, 2.75) is 26.2 Å². The second-order valence-corrected chi connectivity index (χ2v) is 5.38. The Morgan fingerprint density at radius 1 is 1.27 bits per heavy atom. The Bertz CT molecular complexity index is 186. The number of nitrogens with zero attached hydrogens (tertiary/aromatic N) is 1. The molecule has 1 N–H and O–H groups in total. The lowest BCUT2D eigenvalue weighted by Gasteiger charge is -2.38. The van der Waals surface area contributed by atoms with Gasteiger partial charge < -0.3 is 15.0 Å². The molecule has 0 unspecified atom stereocenters. The highest BCUT2D eigenvalue weighted by Gasteiger charge is 2.32. The third-order valence-electron chi connectivity index (χ3n) is 3.48. The van der Waals surface area contributed by atoms with E-state index in [4.69, 9.17) is 4.74 Å². The van der Waals surface area contributed by atoms with Gasteiger partial charge in [-0.25, -0.2) is 0 Å². The monoisotopic (exact) mass is 212 g/mol. The Hall–Kier alpha value is -0.120. The topological polar surface area (TPSA) is 24.5 Å². The molecule has 2 rings (SSSR count). The Balaban J connectivity index is 1.44. The first-order valence-electron chi connectivity index (χ1n) is 6.29. The van der Waals surface area contributed by atoms with Crippen LogP contribution in [0.3, 0.4) is 0 Å². The Morgan fingerprint density at radius 2 is 2.00 bits per heavy atom. The van der Waals surface area contributed by atoms with Crippen molar-refractivity contribution in [1.82, 2.24) is 10.2 Å². The fourth-order valence-corrected chi connectivity index (χ4v) is 2.38. The van der Waals surface area contributed by atoms with Crippen molar-refractivity contribution < 1.29 is 4.74 Å². The maximum atomic E-state index is 5.23. The lowest BCUT2D eigenvalue weighted by molar-refractivity contribution is -0.0989. The Labute approximate surface area is 93.2 Å². The van der Waals surface area contributed by atoms with Gasteiger partial charge in [-0.05, 0) is 45.4 Å². The summed E-state index contributed by atoms with van der Waals surface area (Å²) in [5.41, 5.74) is 0.424. The lowest BCUT2D eigenvalue weighted by Crippen LogP contribution is -2.47. The second kappa shape index (κ2) is 5.28. The lowest BCUT2D eigenvalue weighted by atomic mass is 9.89. The quantitative estimate of drug-likeness (QED) is 0.667. The van der Waals surface area contributed by atoms with Crippen LogP contribution in [0.2, 0.25) is 0 Å². The summed E-state index contributed by atoms with van der Waals surface area (Å²) >= 11 is 0. The molecule has 15 heavy (non-hydrogen) atoms. The standard InChI is InChI=1S/C12H24N2O/c1-12(10-15-11-12)9-13-5-4-8-14-6-2-3-7-14/h13H,2-11H2,1H3. The van der Waals surface area contributed by atoms with Crippen molar-refractivity contribution in [2.24, 2.45) is 5.41 Å². The van der Waals surface area contributed by atoms with Crippen LogP contribution in [0.15, 0.2) is 0 Å². The molecule has 2 heterocycles. The summed E-state index contributed by atoms with van der Waals surface area (Å²) in [7, 11) is 0. The SMILES string of the molecule is CC1(CNCCCN2CCCC2)COC1. The van der Waals surface area contributed by atoms with E-state index in [1.807, 2.05) is 0 Å². The molecule has 2 aliphatic heterocycles. The summed E-state index contributed by atoms with van der Waals surface area (Å²) < 4.78 is 5.23. The average Bonchev–Trinajstić information content (AvgIpc) is 2.67. The largest absolute Gasteiger partial charge is 0.380 e. The van der Waals surface area contributed by atoms with E-state index >= 15 is 0 Å². The minimum absolute atomic E-state index is 0.424. The smallest absolute Gasteiger partial charge is 0.0554 e. The third kappa shape index (κ3) is 3.44. The van der Waals surface area contributed by atoms with E-state index in [9.17, 15) is 0 Å². The molecule has 0 aromatic rings. The van der Waals surface area contributed by atoms with Gasteiger partial charge in [0.25, 0.3) is 0 Å². The summed E-state index contributed by atoms with van der Waals surface area (Å²) in [5.74, 6) is 0. The van der Waals surface area contributed by atoms with Crippen LogP contribution in [0, 0.1) is 5.41 Å². The summed E-state index contributed by atoms with van der Waals surface area (Å²) in [6.07, 6.45) is 4.10. The Kier molecular flexibility index (Phi) is 4.00. The van der Waals surface area contributed by atoms with E-state index in [1.54, 1.807) is 0 Å². The van der Waals surface area contributed by atoms with Crippen molar-refractivity contribution in [3.63, 3.8) is 0 Å². The van der Waals surface area contributed by atoms with E-state index in [0.717, 1.165) is 26.3 Å². The van der Waals surface area contributed by atoms with E-state index in [1.165, 1.54) is 38.9 Å². The molecule has 0 spiro atoms. The maximum absolute atomic E-state index is 5.23. The van der Waals surface area contributed by atoms with E-state index in [0.29, 0.717) is 5.41 Å². The number of rotatable bonds is 6. The molecule has 0 bridgehead atoms. The van der Waals surface area contributed by atoms with Crippen LogP contribution in [0.1, 0.15) is 26.2 Å². The molecule has 88 valence electrons. The van der Waals surface area contributed by atoms with Crippen molar-refractivity contribution in [1.29, 1.82) is 0 Å². The van der Waals surface area contributed by atoms with E-state index in [2.05, 4.69) is 17.1 Å². The molecule has 3 nitrogen and oxygen atoms in total. The molecule has 2 aliphatic rings. The van der Waals surface area contributed by atoms with Gasteiger partial charge in [-0.1, -0.05) is 6.92 Å². The van der Waals surface area contributed by atoms with Crippen LogP contribution in [-0.4, -0.2) is 50.8 Å². The number of nitrogens with one attached hydrogen (secondary N) is 1. The highest BCUT2D eigenvalue weighted by atomic mass is 16.5. The second-order valence-electron chi connectivity index (χ2n) is 5.38. The summed E-state index contributed by atoms with van der Waals surface area (Å²) in [4.78, 5) is 2.58. The maximum Gasteiger partial charge on any atom is 0.0554 e. The first-order chi connectivity index (χ1) is 7.29. The molecule has 3 heteroatoms. The van der Waals surface area contributed by atoms with Crippen LogP contribution in [0.25, 0.3) is 0 Å². The van der Waals surface area contributed by atoms with Crippen LogP contribution in [-0.2, 0) is 4.74 Å². The number of hydrogen-bond acceptors (Lipinski definition) is 3. The minimum Gasteiger partial charge on any atom is -0.380 e. The molecule has 0 aromatic heterocycles. The fourth-order valence-electron chi connectivity index (χ4n) is 2.38. The van der Waals surface area contributed by atoms with Gasteiger partial charge >= 0.3 is 0 Å². The van der Waals surface area contributed by atoms with Crippen molar-refractivity contribution >= 4 is 0 Å². The van der Waals surface area contributed by atoms with Gasteiger partial charge in [-0.3, -0.25) is 0 Å². The molecule has 0 aliphatic carbocycles. The highest BCUT2D eigenvalue weighted by molar-refractivity contribution is 4.82. The normalized spacial score (nSPS) is 25.4. The predicted octanol–water partition coefficient (Wildman–Crippen LogP) is 1.10. The number of ether oxygens (including phenoxy) is 1. The molecule has 2 fully saturated rings. The molecule has 0 amide bonds. The van der Waals surface area contributed by atoms with E-state index < -0.39 is 0 Å². The summed E-state index contributed by atoms with van der Waals surface area (Å²) in [6, 6.07) is 0. The van der Waals surface area contributed by atoms with Gasteiger partial charge in [0.05, 0.1) is 13.2 Å². The van der Waals surface area contributed by atoms with Gasteiger partial charge in [0.1, 0.15) is 0 Å². The molecule has 0 radical (unpaired) electrons. The molecule has 0 aromatic carbocycles. The molecule has 0 atom stereocenters. The summed E-state index contributed by atoms with van der Waals surface area (Å²) in [6.45, 7) is 10.4. The van der Waals surface area contributed by atoms with Gasteiger partial charge in [0.2, 0.25) is 0 Å². The van der Waals surface area contributed by atoms with Crippen molar-refractivity contribution in [3.05, 3.63) is 0 Å². The molecular weight excluding hydrogens is 188 g/mol. The van der Waals surface area contributed by atoms with Gasteiger partial charge in [-0.15, -0.1) is 0 Å². The first-order valence-corrected chi connectivity index (χ1v) is 6.29. The number of hydrogen-bond donors (Lipinski definition) is 1. The molecule has 0 saturated carbocycles. The van der Waals surface area contributed by atoms with Gasteiger partial charge in [0.15, 0.2) is 0 Å². The van der Waals surface area contributed by atoms with Crippen molar-refractivity contribution in [3.8, 4) is 0 Å². The fraction of sp³-hybridized carbons (Fsp3) is 1.00. The highest BCUT2D eigenvalue weighted by Crippen LogP contribution is 2.24. The predicted molar refractivity (Wildman–Crippen MR) is 62.1 cm³/mol. The minimum atomic E-state index is 0.424. The zero-order chi connectivity index (χ0) is 10.6. The van der Waals surface area contributed by atoms with Crippen molar-refractivity contribution in [2.75, 3.05) is 45.9 Å². The Morgan fingerprint density at radius 3 is 2.60 bits per heavy atom. The van der Waals surface area contributed by atoms with Crippen LogP contribution < -0.4 is 5.32 Å². The third-order valence-corrected chi connectivity index (χ3v) is 3.48. The average molecular weight is 212 g/mol. The van der Waals surface area contributed by atoms with E-state index in [-0.39, 0.29) is 0 Å². The first kappa shape index (κ1) is 11.4. The zero-order valence-electron chi connectivity index (χ0n) is 9.93. The molecule has 2 saturated heterocycles. The van der Waals surface area contributed by atoms with Gasteiger partial charge in [0, 0.05) is 12.0 Å². The van der Waals surface area contributed by atoms with Gasteiger partial charge in [-0.2, -0.15) is 0 Å². The van der Waals surface area contributed by atoms with Crippen LogP contribution in [0.5, 0.6) is 0 Å².